The Labute approximate surface area is 188 Å². The van der Waals surface area contributed by atoms with Gasteiger partial charge in [-0.3, -0.25) is 9.59 Å². The topological polar surface area (TPSA) is 130 Å². The number of rotatable bonds is 9. The molecule has 0 aliphatic carbocycles. The van der Waals surface area contributed by atoms with Crippen LogP contribution >= 0.6 is 0 Å². The van der Waals surface area contributed by atoms with Gasteiger partial charge in [-0.25, -0.2) is 14.2 Å². The first-order valence-electron chi connectivity index (χ1n) is 9.96. The first-order chi connectivity index (χ1) is 15.9. The molecule has 9 nitrogen and oxygen atoms in total. The van der Waals surface area contributed by atoms with Gasteiger partial charge in [-0.1, -0.05) is 0 Å². The fourth-order valence-electron chi connectivity index (χ4n) is 2.72. The summed E-state index contributed by atoms with van der Waals surface area (Å²) in [5.74, 6) is -0.481. The molecule has 0 fully saturated rings. The molecule has 3 rings (SSSR count). The van der Waals surface area contributed by atoms with Crippen LogP contribution in [-0.4, -0.2) is 28.0 Å². The lowest BCUT2D eigenvalue weighted by Gasteiger charge is -2.10. The third-order valence-electron chi connectivity index (χ3n) is 4.24. The molecule has 1 aromatic heterocycles. The average Bonchev–Trinajstić information content (AvgIpc) is 2.77. The number of carbonyl (C=O) groups is 3. The molecule has 3 amide bonds. The molecule has 0 saturated carbocycles. The van der Waals surface area contributed by atoms with Gasteiger partial charge in [-0.15, -0.1) is 0 Å². The maximum Gasteiger partial charge on any atom is 0.323 e. The van der Waals surface area contributed by atoms with Crippen LogP contribution < -0.4 is 20.7 Å². The minimum absolute atomic E-state index is 0.0717. The molecule has 0 atom stereocenters. The molecule has 170 valence electrons. The molecule has 0 unspecified atom stereocenters. The normalized spacial score (nSPS) is 10.2. The molecule has 10 heteroatoms. The Bertz CT molecular complexity index is 1120. The summed E-state index contributed by atoms with van der Waals surface area (Å²) in [4.78, 5) is 38.5. The van der Waals surface area contributed by atoms with Crippen molar-refractivity contribution in [3.05, 3.63) is 72.7 Å². The first-order valence-corrected chi connectivity index (χ1v) is 9.96. The number of hydrogen-bond donors (Lipinski definition) is 4. The zero-order valence-corrected chi connectivity index (χ0v) is 17.4. The number of benzene rings is 2. The van der Waals surface area contributed by atoms with Gasteiger partial charge in [-0.05, 0) is 61.0 Å². The molecule has 33 heavy (non-hydrogen) atoms. The van der Waals surface area contributed by atoms with Gasteiger partial charge in [0.2, 0.25) is 5.91 Å². The Morgan fingerprint density at radius 2 is 1.48 bits per heavy atom. The second-order valence-electron chi connectivity index (χ2n) is 6.88. The van der Waals surface area contributed by atoms with Crippen LogP contribution in [0.25, 0.3) is 0 Å². The van der Waals surface area contributed by atoms with Crippen molar-refractivity contribution < 1.29 is 28.6 Å². The number of carbonyl (C=O) groups excluding carboxylic acids is 2. The van der Waals surface area contributed by atoms with Gasteiger partial charge in [0.05, 0.1) is 0 Å². The number of halogens is 1. The molecule has 0 aliphatic heterocycles. The molecule has 0 spiro atoms. The molecule has 3 aromatic rings. The summed E-state index contributed by atoms with van der Waals surface area (Å²) in [6, 6.07) is 14.7. The largest absolute Gasteiger partial charge is 0.481 e. The number of carboxylic acids is 1. The van der Waals surface area contributed by atoms with Crippen molar-refractivity contribution in [1.29, 1.82) is 0 Å². The van der Waals surface area contributed by atoms with Gasteiger partial charge < -0.3 is 25.8 Å². The highest BCUT2D eigenvalue weighted by atomic mass is 19.1. The van der Waals surface area contributed by atoms with Crippen LogP contribution in [0, 0.1) is 5.82 Å². The number of nitrogens with zero attached hydrogens (tertiary/aromatic N) is 1. The van der Waals surface area contributed by atoms with Gasteiger partial charge in [-0.2, -0.15) is 0 Å². The van der Waals surface area contributed by atoms with Gasteiger partial charge in [0, 0.05) is 36.5 Å². The molecule has 0 saturated heterocycles. The maximum absolute atomic E-state index is 12.9. The smallest absolute Gasteiger partial charge is 0.323 e. The van der Waals surface area contributed by atoms with Crippen LogP contribution in [0.3, 0.4) is 0 Å². The molecule has 0 bridgehead atoms. The number of ether oxygens (including phenoxy) is 1. The molecule has 1 heterocycles. The van der Waals surface area contributed by atoms with Gasteiger partial charge in [0.1, 0.15) is 23.1 Å². The van der Waals surface area contributed by atoms with Crippen molar-refractivity contribution in [2.75, 3.05) is 16.0 Å². The Morgan fingerprint density at radius 3 is 2.12 bits per heavy atom. The molecule has 2 aromatic carbocycles. The highest BCUT2D eigenvalue weighted by molar-refractivity contribution is 5.99. The van der Waals surface area contributed by atoms with E-state index in [0.29, 0.717) is 22.9 Å². The van der Waals surface area contributed by atoms with Crippen molar-refractivity contribution in [2.24, 2.45) is 0 Å². The van der Waals surface area contributed by atoms with E-state index >= 15 is 0 Å². The van der Waals surface area contributed by atoms with Crippen molar-refractivity contribution in [2.45, 2.75) is 19.3 Å². The summed E-state index contributed by atoms with van der Waals surface area (Å²) in [5.41, 5.74) is 0.974. The Kier molecular flexibility index (Phi) is 7.90. The molecule has 4 N–H and O–H groups in total. The minimum atomic E-state index is -0.953. The first kappa shape index (κ1) is 23.2. The van der Waals surface area contributed by atoms with Crippen molar-refractivity contribution >= 4 is 35.1 Å². The highest BCUT2D eigenvalue weighted by Crippen LogP contribution is 2.24. The Hall–Kier alpha value is -4.47. The number of aromatic nitrogens is 1. The number of urea groups is 1. The lowest BCUT2D eigenvalue weighted by atomic mass is 10.2. The van der Waals surface area contributed by atoms with E-state index in [4.69, 9.17) is 9.84 Å². The van der Waals surface area contributed by atoms with Crippen LogP contribution in [0.15, 0.2) is 66.9 Å². The van der Waals surface area contributed by atoms with Crippen LogP contribution in [0.2, 0.25) is 0 Å². The summed E-state index contributed by atoms with van der Waals surface area (Å²) in [6.45, 7) is 0. The second kappa shape index (κ2) is 11.2. The number of pyridine rings is 1. The predicted molar refractivity (Wildman–Crippen MR) is 120 cm³/mol. The van der Waals surface area contributed by atoms with Crippen LogP contribution in [-0.2, 0) is 9.59 Å². The predicted octanol–water partition coefficient (Wildman–Crippen LogP) is 4.85. The van der Waals surface area contributed by atoms with Gasteiger partial charge in [0.25, 0.3) is 0 Å². The van der Waals surface area contributed by atoms with E-state index in [1.54, 1.807) is 30.3 Å². The molecular weight excluding hydrogens is 431 g/mol. The summed E-state index contributed by atoms with van der Waals surface area (Å²) in [6.07, 6.45) is 1.70. The zero-order valence-electron chi connectivity index (χ0n) is 17.4. The van der Waals surface area contributed by atoms with Gasteiger partial charge in [0.15, 0.2) is 0 Å². The van der Waals surface area contributed by atoms with Gasteiger partial charge >= 0.3 is 12.0 Å². The quantitative estimate of drug-likeness (QED) is 0.367. The number of nitrogens with one attached hydrogen (secondary N) is 3. The lowest BCUT2D eigenvalue weighted by Crippen LogP contribution is -2.19. The van der Waals surface area contributed by atoms with E-state index in [2.05, 4.69) is 20.9 Å². The third kappa shape index (κ3) is 7.94. The number of carboxylic acid groups (broad SMARTS) is 1. The summed E-state index contributed by atoms with van der Waals surface area (Å²) >= 11 is 0. The molecule has 0 aliphatic rings. The Balaban J connectivity index is 1.51. The van der Waals surface area contributed by atoms with Crippen LogP contribution in [0.4, 0.5) is 26.4 Å². The fourth-order valence-corrected chi connectivity index (χ4v) is 2.72. The monoisotopic (exact) mass is 452 g/mol. The van der Waals surface area contributed by atoms with E-state index in [0.717, 1.165) is 0 Å². The van der Waals surface area contributed by atoms with E-state index in [1.165, 1.54) is 36.5 Å². The number of anilines is 3. The second-order valence-corrected chi connectivity index (χ2v) is 6.88. The zero-order chi connectivity index (χ0) is 23.6. The highest BCUT2D eigenvalue weighted by Gasteiger charge is 2.08. The molecular formula is C23H21FN4O5. The minimum Gasteiger partial charge on any atom is -0.481 e. The van der Waals surface area contributed by atoms with E-state index in [-0.39, 0.29) is 31.0 Å². The summed E-state index contributed by atoms with van der Waals surface area (Å²) < 4.78 is 18.7. The fraction of sp³-hybridized carbons (Fsp3) is 0.130. The van der Waals surface area contributed by atoms with Crippen molar-refractivity contribution in [3.63, 3.8) is 0 Å². The molecule has 0 radical (unpaired) electrons. The van der Waals surface area contributed by atoms with E-state index in [1.807, 2.05) is 0 Å². The van der Waals surface area contributed by atoms with E-state index in [9.17, 15) is 18.8 Å². The summed E-state index contributed by atoms with van der Waals surface area (Å²) in [5, 5.41) is 16.5. The standard InChI is InChI=1S/C23H21FN4O5/c24-15-4-6-16(7-5-15)26-23(32)27-17-8-10-18(11-9-17)33-19-12-13-25-20(14-19)28-21(29)2-1-3-22(30)31/h4-14H,1-3H2,(H,30,31)(H,25,28,29)(H2,26,27,32). The van der Waals surface area contributed by atoms with Crippen LogP contribution in [0.5, 0.6) is 11.5 Å². The summed E-state index contributed by atoms with van der Waals surface area (Å²) in [7, 11) is 0. The SMILES string of the molecule is O=C(O)CCCC(=O)Nc1cc(Oc2ccc(NC(=O)Nc3ccc(F)cc3)cc2)ccn1. The Morgan fingerprint density at radius 1 is 0.848 bits per heavy atom. The average molecular weight is 452 g/mol. The van der Waals surface area contributed by atoms with Crippen molar-refractivity contribution in [1.82, 2.24) is 4.98 Å². The van der Waals surface area contributed by atoms with E-state index < -0.39 is 17.8 Å². The number of hydrogen-bond acceptors (Lipinski definition) is 5. The van der Waals surface area contributed by atoms with Crippen LogP contribution in [0.1, 0.15) is 19.3 Å². The number of amides is 3. The third-order valence-corrected chi connectivity index (χ3v) is 4.24. The van der Waals surface area contributed by atoms with Crippen molar-refractivity contribution in [3.8, 4) is 11.5 Å². The lowest BCUT2D eigenvalue weighted by molar-refractivity contribution is -0.137. The maximum atomic E-state index is 12.9. The number of aliphatic carboxylic acids is 1.